The Morgan fingerprint density at radius 3 is 2.91 bits per heavy atom. The topological polar surface area (TPSA) is 86.2 Å². The molecule has 5 heteroatoms. The summed E-state index contributed by atoms with van der Waals surface area (Å²) in [4.78, 5) is 3.78. The molecule has 0 bridgehead atoms. The van der Waals surface area contributed by atoms with Crippen LogP contribution in [0.1, 0.15) is 6.42 Å². The summed E-state index contributed by atoms with van der Waals surface area (Å²) in [5, 5.41) is 13.5. The van der Waals surface area contributed by atoms with Crippen molar-refractivity contribution in [1.82, 2.24) is 10.6 Å². The summed E-state index contributed by atoms with van der Waals surface area (Å²) in [5.74, 6) is 0.487. The van der Waals surface area contributed by atoms with Crippen molar-refractivity contribution in [3.8, 4) is 6.19 Å². The lowest BCUT2D eigenvalue weighted by molar-refractivity contribution is 0.771. The average molecular weight is 155 g/mol. The van der Waals surface area contributed by atoms with Crippen LogP contribution < -0.4 is 16.4 Å². The molecule has 11 heavy (non-hydrogen) atoms. The van der Waals surface area contributed by atoms with Gasteiger partial charge in [-0.25, -0.2) is 0 Å². The van der Waals surface area contributed by atoms with Crippen molar-refractivity contribution >= 4 is 5.96 Å². The van der Waals surface area contributed by atoms with E-state index in [0.717, 1.165) is 13.0 Å². The van der Waals surface area contributed by atoms with Crippen LogP contribution in [-0.4, -0.2) is 26.1 Å². The van der Waals surface area contributed by atoms with Gasteiger partial charge in [0.15, 0.2) is 6.19 Å². The number of rotatable bonds is 3. The summed E-state index contributed by atoms with van der Waals surface area (Å²) in [5.41, 5.74) is 5.26. The van der Waals surface area contributed by atoms with Gasteiger partial charge < -0.3 is 11.1 Å². The highest BCUT2D eigenvalue weighted by atomic mass is 15.2. The molecule has 0 amide bonds. The maximum absolute atomic E-state index is 8.22. The number of hydrogen-bond acceptors (Lipinski definition) is 3. The lowest BCUT2D eigenvalue weighted by Crippen LogP contribution is -2.35. The molecule has 0 heterocycles. The Labute approximate surface area is 66.3 Å². The smallest absolute Gasteiger partial charge is 0.204 e. The lowest BCUT2D eigenvalue weighted by atomic mass is 10.4. The van der Waals surface area contributed by atoms with E-state index < -0.39 is 0 Å². The van der Waals surface area contributed by atoms with Crippen LogP contribution in [0.15, 0.2) is 4.99 Å². The van der Waals surface area contributed by atoms with Crippen molar-refractivity contribution in [1.29, 1.82) is 5.26 Å². The van der Waals surface area contributed by atoms with Crippen LogP contribution in [0.4, 0.5) is 0 Å². The summed E-state index contributed by atoms with van der Waals surface area (Å²) in [6.07, 6.45) is 2.64. The Hall–Kier alpha value is -1.28. The van der Waals surface area contributed by atoms with E-state index in [4.69, 9.17) is 11.0 Å². The molecule has 0 saturated carbocycles. The van der Waals surface area contributed by atoms with E-state index in [9.17, 15) is 0 Å². The highest BCUT2D eigenvalue weighted by molar-refractivity contribution is 5.80. The van der Waals surface area contributed by atoms with Crippen molar-refractivity contribution in [2.45, 2.75) is 6.42 Å². The lowest BCUT2D eigenvalue weighted by Gasteiger charge is -2.04. The van der Waals surface area contributed by atoms with Gasteiger partial charge in [0, 0.05) is 13.6 Å². The third-order valence-electron chi connectivity index (χ3n) is 1.07. The molecule has 0 rings (SSSR count). The monoisotopic (exact) mass is 155 g/mol. The summed E-state index contributed by atoms with van der Waals surface area (Å²) in [6, 6.07) is 0. The van der Waals surface area contributed by atoms with Gasteiger partial charge in [-0.1, -0.05) is 0 Å². The predicted molar refractivity (Wildman–Crippen MR) is 43.8 cm³/mol. The van der Waals surface area contributed by atoms with Gasteiger partial charge >= 0.3 is 0 Å². The molecule has 62 valence electrons. The molecule has 0 radical (unpaired) electrons. The molecule has 4 N–H and O–H groups in total. The van der Waals surface area contributed by atoms with Gasteiger partial charge in [-0.05, 0) is 13.0 Å². The number of nitrogens with zero attached hydrogens (tertiary/aromatic N) is 2. The van der Waals surface area contributed by atoms with E-state index in [1.165, 1.54) is 0 Å². The van der Waals surface area contributed by atoms with E-state index in [-0.39, 0.29) is 0 Å². The van der Waals surface area contributed by atoms with Gasteiger partial charge in [-0.15, -0.1) is 0 Å². The molecule has 0 aromatic heterocycles. The second-order valence-corrected chi connectivity index (χ2v) is 1.88. The van der Waals surface area contributed by atoms with E-state index in [2.05, 4.69) is 15.6 Å². The maximum atomic E-state index is 8.22. The molecule has 0 aromatic rings. The third-order valence-corrected chi connectivity index (χ3v) is 1.07. The van der Waals surface area contributed by atoms with Crippen molar-refractivity contribution < 1.29 is 0 Å². The normalized spacial score (nSPS) is 10.5. The predicted octanol–water partition coefficient (Wildman–Crippen LogP) is -1.02. The second-order valence-electron chi connectivity index (χ2n) is 1.88. The van der Waals surface area contributed by atoms with Gasteiger partial charge in [0.25, 0.3) is 0 Å². The Bertz CT molecular complexity index is 157. The van der Waals surface area contributed by atoms with Crippen molar-refractivity contribution in [3.63, 3.8) is 0 Å². The first kappa shape index (κ1) is 9.72. The first-order chi connectivity index (χ1) is 5.35. The highest BCUT2D eigenvalue weighted by Gasteiger charge is 1.91. The Morgan fingerprint density at radius 2 is 2.45 bits per heavy atom. The van der Waals surface area contributed by atoms with Crippen LogP contribution in [-0.2, 0) is 0 Å². The first-order valence-electron chi connectivity index (χ1n) is 3.41. The molecule has 0 saturated heterocycles. The SMILES string of the molecule is CN=C(NC#N)NCCCN. The third kappa shape index (κ3) is 5.18. The fraction of sp³-hybridized carbons (Fsp3) is 0.667. The van der Waals surface area contributed by atoms with E-state index in [0.29, 0.717) is 12.5 Å². The van der Waals surface area contributed by atoms with E-state index in [1.807, 2.05) is 0 Å². The zero-order valence-corrected chi connectivity index (χ0v) is 6.59. The van der Waals surface area contributed by atoms with Gasteiger partial charge in [-0.2, -0.15) is 5.26 Å². The largest absolute Gasteiger partial charge is 0.356 e. The minimum absolute atomic E-state index is 0.487. The van der Waals surface area contributed by atoms with E-state index >= 15 is 0 Å². The van der Waals surface area contributed by atoms with Gasteiger partial charge in [-0.3, -0.25) is 10.3 Å². The number of nitrogens with two attached hydrogens (primary N) is 1. The zero-order valence-electron chi connectivity index (χ0n) is 6.59. The average Bonchev–Trinajstić information content (AvgIpc) is 2.03. The first-order valence-corrected chi connectivity index (χ1v) is 3.41. The Kier molecular flexibility index (Phi) is 6.04. The molecular formula is C6H13N5. The van der Waals surface area contributed by atoms with E-state index in [1.54, 1.807) is 13.2 Å². The molecule has 0 fully saturated rings. The molecule has 0 unspecified atom stereocenters. The molecule has 0 aliphatic rings. The fourth-order valence-corrected chi connectivity index (χ4v) is 0.541. The molecular weight excluding hydrogens is 142 g/mol. The molecule has 0 atom stereocenters. The minimum Gasteiger partial charge on any atom is -0.356 e. The number of aliphatic imine (C=N–C) groups is 1. The molecule has 0 spiro atoms. The number of guanidine groups is 1. The summed E-state index contributed by atoms with van der Waals surface area (Å²) < 4.78 is 0. The minimum atomic E-state index is 0.487. The number of nitrogens with one attached hydrogen (secondary N) is 2. The summed E-state index contributed by atoms with van der Waals surface area (Å²) >= 11 is 0. The maximum Gasteiger partial charge on any atom is 0.204 e. The van der Waals surface area contributed by atoms with Crippen molar-refractivity contribution in [2.24, 2.45) is 10.7 Å². The zero-order chi connectivity index (χ0) is 8.53. The standard InChI is InChI=1S/C6H13N5/c1-9-6(11-5-8)10-4-2-3-7/h2-4,7H2,1H3,(H2,9,10,11). The Balaban J connectivity index is 3.47. The van der Waals surface area contributed by atoms with Crippen molar-refractivity contribution in [2.75, 3.05) is 20.1 Å². The summed E-state index contributed by atoms with van der Waals surface area (Å²) in [6.45, 7) is 1.37. The van der Waals surface area contributed by atoms with Crippen LogP contribution in [0.5, 0.6) is 0 Å². The summed E-state index contributed by atoms with van der Waals surface area (Å²) in [7, 11) is 1.61. The molecule has 0 aliphatic carbocycles. The Morgan fingerprint density at radius 1 is 1.73 bits per heavy atom. The van der Waals surface area contributed by atoms with Crippen LogP contribution in [0, 0.1) is 11.5 Å². The van der Waals surface area contributed by atoms with Gasteiger partial charge in [0.2, 0.25) is 5.96 Å². The number of hydrogen-bond donors (Lipinski definition) is 3. The van der Waals surface area contributed by atoms with Crippen molar-refractivity contribution in [3.05, 3.63) is 0 Å². The number of nitriles is 1. The quantitative estimate of drug-likeness (QED) is 0.160. The van der Waals surface area contributed by atoms with Gasteiger partial charge in [0.1, 0.15) is 0 Å². The molecule has 5 nitrogen and oxygen atoms in total. The van der Waals surface area contributed by atoms with Crippen LogP contribution >= 0.6 is 0 Å². The second kappa shape index (κ2) is 6.83. The van der Waals surface area contributed by atoms with Crippen LogP contribution in [0.2, 0.25) is 0 Å². The fourth-order valence-electron chi connectivity index (χ4n) is 0.541. The van der Waals surface area contributed by atoms with Crippen LogP contribution in [0.3, 0.4) is 0 Å². The molecule has 0 aromatic carbocycles. The highest BCUT2D eigenvalue weighted by Crippen LogP contribution is 1.70. The molecule has 0 aliphatic heterocycles. The van der Waals surface area contributed by atoms with Crippen LogP contribution in [0.25, 0.3) is 0 Å². The van der Waals surface area contributed by atoms with Gasteiger partial charge in [0.05, 0.1) is 0 Å².